The number of cyclic esters (lactones) is 1. The van der Waals surface area contributed by atoms with Gasteiger partial charge in [-0.1, -0.05) is 40.2 Å². The number of aromatic nitrogens is 2. The molecule has 1 aromatic carbocycles. The Morgan fingerprint density at radius 2 is 1.67 bits per heavy atom. The summed E-state index contributed by atoms with van der Waals surface area (Å²) in [6.07, 6.45) is 3.17. The highest BCUT2D eigenvalue weighted by molar-refractivity contribution is 5.96. The number of likely N-dealkylation sites (N-methyl/N-ethyl adjacent to an activating group) is 1. The number of amides is 3. The number of nitrogens with zero attached hydrogens (tertiary/aromatic N) is 4. The number of pyridine rings is 2. The number of benzene rings is 1. The number of rotatable bonds is 10. The van der Waals surface area contributed by atoms with Gasteiger partial charge in [0, 0.05) is 63.7 Å². The highest BCUT2D eigenvalue weighted by Gasteiger charge is 2.31. The molecule has 0 saturated heterocycles. The van der Waals surface area contributed by atoms with Crippen molar-refractivity contribution in [1.29, 1.82) is 0 Å². The van der Waals surface area contributed by atoms with E-state index in [9.17, 15) is 38.3 Å². The molecule has 330 valence electrons. The molecule has 0 fully saturated rings. The second kappa shape index (κ2) is 23.8. The van der Waals surface area contributed by atoms with Gasteiger partial charge in [0.1, 0.15) is 24.8 Å². The van der Waals surface area contributed by atoms with Gasteiger partial charge in [-0.25, -0.2) is 9.37 Å². The molecular formula is C44H62FN5O10. The molecule has 0 spiro atoms. The van der Waals surface area contributed by atoms with Crippen LogP contribution in [0.3, 0.4) is 0 Å². The Hall–Kier alpha value is -5.64. The molecule has 0 radical (unpaired) electrons. The zero-order chi connectivity index (χ0) is 45.4. The molecule has 3 N–H and O–H groups in total. The van der Waals surface area contributed by atoms with Gasteiger partial charge in [-0.05, 0) is 56.7 Å². The number of primary amides is 1. The molecule has 2 aliphatic heterocycles. The van der Waals surface area contributed by atoms with Crippen molar-refractivity contribution >= 4 is 40.6 Å². The van der Waals surface area contributed by atoms with Crippen LogP contribution in [0.4, 0.5) is 4.39 Å². The molecule has 3 aliphatic rings. The van der Waals surface area contributed by atoms with Crippen LogP contribution in [0, 0.1) is 12.7 Å². The van der Waals surface area contributed by atoms with Gasteiger partial charge in [-0.3, -0.25) is 28.8 Å². The lowest BCUT2D eigenvalue weighted by Crippen LogP contribution is -2.40. The largest absolute Gasteiger partial charge is 0.507 e. The monoisotopic (exact) mass is 839 g/mol. The van der Waals surface area contributed by atoms with Crippen molar-refractivity contribution in [2.45, 2.75) is 108 Å². The number of esters is 2. The summed E-state index contributed by atoms with van der Waals surface area (Å²) in [4.78, 5) is 75.9. The van der Waals surface area contributed by atoms with Gasteiger partial charge in [-0.15, -0.1) is 0 Å². The summed E-state index contributed by atoms with van der Waals surface area (Å²) in [5.74, 6) is -1.95. The van der Waals surface area contributed by atoms with E-state index < -0.39 is 17.4 Å². The third-order valence-electron chi connectivity index (χ3n) is 9.70. The van der Waals surface area contributed by atoms with Crippen LogP contribution >= 0.6 is 0 Å². The molecule has 0 unspecified atom stereocenters. The maximum absolute atomic E-state index is 14.5. The highest BCUT2D eigenvalue weighted by Crippen LogP contribution is 2.41. The summed E-state index contributed by atoms with van der Waals surface area (Å²) in [7, 11) is 3.36. The smallest absolute Gasteiger partial charge is 0.310 e. The number of ether oxygens (including phenoxy) is 3. The van der Waals surface area contributed by atoms with Crippen LogP contribution < -0.4 is 11.3 Å². The molecule has 0 atom stereocenters. The first-order valence-electron chi connectivity index (χ1n) is 20.4. The van der Waals surface area contributed by atoms with E-state index in [-0.39, 0.29) is 61.1 Å². The fourth-order valence-electron chi connectivity index (χ4n) is 6.79. The first-order valence-corrected chi connectivity index (χ1v) is 20.4. The highest BCUT2D eigenvalue weighted by atomic mass is 19.1. The van der Waals surface area contributed by atoms with Gasteiger partial charge >= 0.3 is 11.9 Å². The molecular weight excluding hydrogens is 778 g/mol. The van der Waals surface area contributed by atoms with E-state index >= 15 is 0 Å². The summed E-state index contributed by atoms with van der Waals surface area (Å²) < 4.78 is 30.8. The van der Waals surface area contributed by atoms with Crippen LogP contribution in [0.5, 0.6) is 5.75 Å². The van der Waals surface area contributed by atoms with E-state index in [1.165, 1.54) is 28.9 Å². The summed E-state index contributed by atoms with van der Waals surface area (Å²) in [6.45, 7) is 18.1. The minimum absolute atomic E-state index is 0.0280. The Labute approximate surface area is 351 Å². The van der Waals surface area contributed by atoms with Crippen molar-refractivity contribution in [3.8, 4) is 17.1 Å². The number of hydrogen-bond donors (Lipinski definition) is 2. The second-order valence-corrected chi connectivity index (χ2v) is 13.8. The quantitative estimate of drug-likeness (QED) is 0.156. The van der Waals surface area contributed by atoms with Crippen LogP contribution in [0.2, 0.25) is 0 Å². The van der Waals surface area contributed by atoms with Crippen molar-refractivity contribution in [1.82, 2.24) is 19.4 Å². The van der Waals surface area contributed by atoms with Gasteiger partial charge in [0.25, 0.3) is 11.5 Å². The third kappa shape index (κ3) is 12.4. The Kier molecular flexibility index (Phi) is 20.1. The zero-order valence-corrected chi connectivity index (χ0v) is 37.0. The molecule has 3 amide bonds. The van der Waals surface area contributed by atoms with E-state index in [2.05, 4.69) is 0 Å². The summed E-state index contributed by atoms with van der Waals surface area (Å²) >= 11 is 0. The third-order valence-corrected chi connectivity index (χ3v) is 9.70. The fraction of sp³-hybridized carbons (Fsp3) is 0.523. The molecule has 16 heteroatoms. The lowest BCUT2D eigenvalue weighted by Gasteiger charge is -2.21. The standard InChI is InChI=1S/C22H19FN2O4.C9H18N2O3.C9H13NO3.2C2H6/c1-10-12-4-3-5-13-14-8-25-18(21(14)24-17(20(12)13)6-16(10)23)7-19(27)15(22(25)28)9-29-11(2)26;1-3-9(13)11(7-8(10)12)5-6-14-4-2;1-6-4-8(11)13-5-7(6)9(12)10(2)3;2*1-2/h6-7,27H,3-5,8-9H2,1-2H3;3-7H2,1-2H3,(H2,10,12);4-5H2,1-3H3;2*1-2H3. The van der Waals surface area contributed by atoms with Crippen molar-refractivity contribution in [3.05, 3.63) is 67.3 Å². The van der Waals surface area contributed by atoms with Gasteiger partial charge in [-0.2, -0.15) is 0 Å². The van der Waals surface area contributed by atoms with Crippen LogP contribution in [0.15, 0.2) is 28.1 Å². The number of nitrogens with two attached hydrogens (primary N) is 1. The van der Waals surface area contributed by atoms with E-state index in [1.54, 1.807) is 39.4 Å². The second-order valence-electron chi connectivity index (χ2n) is 13.8. The van der Waals surface area contributed by atoms with Crippen molar-refractivity contribution in [2.75, 3.05) is 47.0 Å². The number of fused-ring (bicyclic) bond motifs is 4. The molecule has 0 bridgehead atoms. The van der Waals surface area contributed by atoms with Crippen LogP contribution in [-0.2, 0) is 64.2 Å². The number of aromatic hydroxyl groups is 1. The van der Waals surface area contributed by atoms with Gasteiger partial charge in [0.15, 0.2) is 0 Å². The fourth-order valence-corrected chi connectivity index (χ4v) is 6.79. The SMILES string of the molecule is CC.CC.CC(=O)OCc1c(O)cc2n(c1=O)Cc1c-2nc2cc(F)c(C)c3c2c1CCC3.CC1=C(C(=O)N(C)C)COC(=O)C1.CCOCCN(CC(N)=O)C(=O)CC. The summed E-state index contributed by atoms with van der Waals surface area (Å²) in [5.41, 5.74) is 11.5. The summed E-state index contributed by atoms with van der Waals surface area (Å²) in [5, 5.41) is 11.4. The van der Waals surface area contributed by atoms with Gasteiger partial charge in [0.05, 0.1) is 54.2 Å². The van der Waals surface area contributed by atoms with Crippen LogP contribution in [-0.4, -0.2) is 101 Å². The van der Waals surface area contributed by atoms with Gasteiger partial charge < -0.3 is 39.4 Å². The maximum atomic E-state index is 14.5. The van der Waals surface area contributed by atoms with Crippen molar-refractivity contribution < 1.29 is 47.7 Å². The lowest BCUT2D eigenvalue weighted by atomic mass is 9.85. The van der Waals surface area contributed by atoms with E-state index in [4.69, 9.17) is 24.9 Å². The molecule has 6 rings (SSSR count). The number of halogens is 1. The average Bonchev–Trinajstić information content (AvgIpc) is 3.59. The van der Waals surface area contributed by atoms with Crippen molar-refractivity contribution in [2.24, 2.45) is 5.73 Å². The Morgan fingerprint density at radius 3 is 2.23 bits per heavy atom. The first kappa shape index (κ1) is 50.5. The number of hydrogen-bond acceptors (Lipinski definition) is 11. The minimum atomic E-state index is -0.528. The number of aryl methyl sites for hydroxylation is 2. The normalized spacial score (nSPS) is 13.0. The van der Waals surface area contributed by atoms with Gasteiger partial charge in [0.2, 0.25) is 11.8 Å². The van der Waals surface area contributed by atoms with E-state index in [1.807, 2.05) is 34.6 Å². The van der Waals surface area contributed by atoms with Crippen LogP contribution in [0.25, 0.3) is 22.3 Å². The molecule has 3 aromatic rings. The zero-order valence-electron chi connectivity index (χ0n) is 37.0. The predicted octanol–water partition coefficient (Wildman–Crippen LogP) is 5.27. The first-order chi connectivity index (χ1) is 28.5. The molecule has 0 saturated carbocycles. The van der Waals surface area contributed by atoms with Crippen LogP contribution in [0.1, 0.15) is 102 Å². The summed E-state index contributed by atoms with van der Waals surface area (Å²) in [6, 6.07) is 2.94. The molecule has 60 heavy (non-hydrogen) atoms. The molecule has 2 aromatic heterocycles. The Balaban J connectivity index is 0.000000337. The minimum Gasteiger partial charge on any atom is -0.507 e. The van der Waals surface area contributed by atoms with E-state index in [0.717, 1.165) is 46.9 Å². The molecule has 1 aliphatic carbocycles. The van der Waals surface area contributed by atoms with Crippen molar-refractivity contribution in [3.63, 3.8) is 0 Å². The Bertz CT molecular complexity index is 2140. The topological polar surface area (TPSA) is 201 Å². The number of carbonyl (C=O) groups excluding carboxylic acids is 5. The maximum Gasteiger partial charge on any atom is 0.310 e. The lowest BCUT2D eigenvalue weighted by molar-refractivity contribution is -0.144. The molecule has 15 nitrogen and oxygen atoms in total. The van der Waals surface area contributed by atoms with E-state index in [0.29, 0.717) is 60.8 Å². The Morgan fingerprint density at radius 1 is 1.02 bits per heavy atom. The number of carbonyl (C=O) groups is 5. The average molecular weight is 840 g/mol. The predicted molar refractivity (Wildman–Crippen MR) is 227 cm³/mol. The molecule has 4 heterocycles.